The Morgan fingerprint density at radius 3 is 2.53 bits per heavy atom. The van der Waals surface area contributed by atoms with Crippen molar-refractivity contribution in [1.29, 1.82) is 0 Å². The summed E-state index contributed by atoms with van der Waals surface area (Å²) in [4.78, 5) is 39.8. The summed E-state index contributed by atoms with van der Waals surface area (Å²) in [7, 11) is 3.10. The lowest BCUT2D eigenvalue weighted by Gasteiger charge is -2.51. The number of amides is 3. The molecule has 0 aliphatic carbocycles. The van der Waals surface area contributed by atoms with E-state index in [1.165, 1.54) is 28.0 Å². The minimum absolute atomic E-state index is 0.0706. The molecule has 192 valence electrons. The average molecular weight is 502 g/mol. The molecule has 1 spiro atoms. The molecule has 0 radical (unpaired) electrons. The molecule has 0 aromatic heterocycles. The Morgan fingerprint density at radius 1 is 1.19 bits per heavy atom. The van der Waals surface area contributed by atoms with Gasteiger partial charge in [-0.25, -0.2) is 18.8 Å². The summed E-state index contributed by atoms with van der Waals surface area (Å²) in [6.07, 6.45) is -2.07. The lowest BCUT2D eigenvalue weighted by atomic mass is 9.84. The lowest BCUT2D eigenvalue weighted by molar-refractivity contribution is -0.143. The van der Waals surface area contributed by atoms with E-state index in [1.807, 2.05) is 0 Å². The van der Waals surface area contributed by atoms with Gasteiger partial charge in [-0.2, -0.15) is 0 Å². The molecule has 1 fully saturated rings. The second-order valence-electron chi connectivity index (χ2n) is 9.80. The number of anilines is 1. The first-order valence-corrected chi connectivity index (χ1v) is 11.3. The van der Waals surface area contributed by atoms with Crippen LogP contribution in [0.4, 0.5) is 24.5 Å². The fourth-order valence-electron chi connectivity index (χ4n) is 3.90. The zero-order valence-electron chi connectivity index (χ0n) is 20.7. The third-order valence-electron chi connectivity index (χ3n) is 5.68. The van der Waals surface area contributed by atoms with Gasteiger partial charge in [-0.15, -0.1) is 0 Å². The van der Waals surface area contributed by atoms with Gasteiger partial charge < -0.3 is 23.8 Å². The fraction of sp³-hybridized carbons (Fsp3) is 0.400. The van der Waals surface area contributed by atoms with E-state index in [0.29, 0.717) is 5.56 Å². The summed E-state index contributed by atoms with van der Waals surface area (Å²) in [5.41, 5.74) is -0.868. The monoisotopic (exact) mass is 501 g/mol. The summed E-state index contributed by atoms with van der Waals surface area (Å²) in [6, 6.07) is 9.28. The van der Waals surface area contributed by atoms with Crippen LogP contribution in [0.1, 0.15) is 31.9 Å². The van der Waals surface area contributed by atoms with Crippen LogP contribution < -0.4 is 14.8 Å². The number of hydrogen-bond donors (Lipinski definition) is 1. The number of carbonyl (C=O) groups excluding carboxylic acids is 3. The summed E-state index contributed by atoms with van der Waals surface area (Å²) in [5.74, 6) is -0.233. The van der Waals surface area contributed by atoms with Gasteiger partial charge in [0.05, 0.1) is 25.4 Å². The summed E-state index contributed by atoms with van der Waals surface area (Å²) in [6.45, 7) is 5.35. The van der Waals surface area contributed by atoms with Gasteiger partial charge >= 0.3 is 18.3 Å². The normalized spacial score (nSPS) is 15.9. The minimum Gasteiger partial charge on any atom is -0.444 e. The highest BCUT2D eigenvalue weighted by molar-refractivity contribution is 5.85. The standard InChI is InChI=1S/C25H28FN3O7/c1-24(2,3)36-21(30)27-18-8-6-7-15(20(18)26)12-29-23(32)35-19-11-16(34-22(31)28(4)5)9-10-17(19)25(29)13-33-14-25/h6-11H,12-14H2,1-5H3,(H,27,30). The predicted octanol–water partition coefficient (Wildman–Crippen LogP) is 4.47. The maximum atomic E-state index is 15.3. The molecular weight excluding hydrogens is 473 g/mol. The molecule has 11 heteroatoms. The first-order chi connectivity index (χ1) is 16.9. The zero-order chi connectivity index (χ0) is 26.3. The number of nitrogens with one attached hydrogen (secondary N) is 1. The molecule has 3 amide bonds. The molecule has 2 aliphatic heterocycles. The Morgan fingerprint density at radius 2 is 1.92 bits per heavy atom. The van der Waals surface area contributed by atoms with Crippen LogP contribution in [0.2, 0.25) is 0 Å². The van der Waals surface area contributed by atoms with Crippen LogP contribution >= 0.6 is 0 Å². The van der Waals surface area contributed by atoms with E-state index in [9.17, 15) is 14.4 Å². The Labute approximate surface area is 207 Å². The van der Waals surface area contributed by atoms with Gasteiger partial charge in [0.25, 0.3) is 0 Å². The van der Waals surface area contributed by atoms with Crippen molar-refractivity contribution in [3.05, 3.63) is 53.3 Å². The predicted molar refractivity (Wildman–Crippen MR) is 126 cm³/mol. The Kier molecular flexibility index (Phi) is 6.52. The second-order valence-corrected chi connectivity index (χ2v) is 9.80. The molecule has 2 aliphatic rings. The maximum Gasteiger partial charge on any atom is 0.416 e. The lowest BCUT2D eigenvalue weighted by Crippen LogP contribution is -2.63. The van der Waals surface area contributed by atoms with Gasteiger partial charge in [0.1, 0.15) is 22.6 Å². The van der Waals surface area contributed by atoms with Gasteiger partial charge in [0, 0.05) is 31.3 Å². The van der Waals surface area contributed by atoms with Crippen LogP contribution in [0.3, 0.4) is 0 Å². The second kappa shape index (κ2) is 9.30. The first kappa shape index (κ1) is 25.2. The molecule has 2 aromatic rings. The SMILES string of the molecule is CN(C)C(=O)Oc1ccc2c(c1)OC(=O)N(Cc1cccc(NC(=O)OC(C)(C)C)c1F)C21COC1. The number of benzene rings is 2. The van der Waals surface area contributed by atoms with Gasteiger partial charge in [-0.05, 0) is 39.0 Å². The average Bonchev–Trinajstić information content (AvgIpc) is 2.74. The molecule has 0 bridgehead atoms. The van der Waals surface area contributed by atoms with Crippen molar-refractivity contribution >= 4 is 24.0 Å². The van der Waals surface area contributed by atoms with Crippen molar-refractivity contribution in [2.24, 2.45) is 0 Å². The topological polar surface area (TPSA) is 107 Å². The Bertz CT molecular complexity index is 1200. The molecule has 2 aromatic carbocycles. The van der Waals surface area contributed by atoms with Crippen LogP contribution in [0.5, 0.6) is 11.5 Å². The number of hydrogen-bond acceptors (Lipinski definition) is 7. The fourth-order valence-corrected chi connectivity index (χ4v) is 3.90. The summed E-state index contributed by atoms with van der Waals surface area (Å²) < 4.78 is 36.8. The molecule has 1 saturated heterocycles. The third kappa shape index (κ3) is 4.92. The smallest absolute Gasteiger partial charge is 0.416 e. The number of nitrogens with zero attached hydrogens (tertiary/aromatic N) is 2. The van der Waals surface area contributed by atoms with Crippen LogP contribution in [0, 0.1) is 5.82 Å². The highest BCUT2D eigenvalue weighted by atomic mass is 19.1. The minimum atomic E-state index is -0.879. The van der Waals surface area contributed by atoms with Gasteiger partial charge in [-0.3, -0.25) is 10.2 Å². The molecule has 4 rings (SSSR count). The number of fused-ring (bicyclic) bond motifs is 2. The van der Waals surface area contributed by atoms with Crippen LogP contribution in [-0.4, -0.2) is 61.0 Å². The van der Waals surface area contributed by atoms with Crippen molar-refractivity contribution in [3.8, 4) is 11.5 Å². The Balaban J connectivity index is 1.59. The number of ether oxygens (including phenoxy) is 4. The van der Waals surface area contributed by atoms with Crippen molar-refractivity contribution in [2.45, 2.75) is 38.5 Å². The number of rotatable bonds is 4. The summed E-state index contributed by atoms with van der Waals surface area (Å²) >= 11 is 0. The molecule has 2 heterocycles. The Hall–Kier alpha value is -3.86. The number of carbonyl (C=O) groups is 3. The van der Waals surface area contributed by atoms with E-state index in [0.717, 1.165) is 0 Å². The van der Waals surface area contributed by atoms with Gasteiger partial charge in [0.2, 0.25) is 0 Å². The van der Waals surface area contributed by atoms with Crippen molar-refractivity contribution in [3.63, 3.8) is 0 Å². The third-order valence-corrected chi connectivity index (χ3v) is 5.68. The molecule has 0 atom stereocenters. The molecule has 1 N–H and O–H groups in total. The highest BCUT2D eigenvalue weighted by Gasteiger charge is 2.53. The van der Waals surface area contributed by atoms with E-state index < -0.39 is 35.2 Å². The van der Waals surface area contributed by atoms with E-state index in [4.69, 9.17) is 18.9 Å². The highest BCUT2D eigenvalue weighted by Crippen LogP contribution is 2.46. The summed E-state index contributed by atoms with van der Waals surface area (Å²) in [5, 5.41) is 2.41. The van der Waals surface area contributed by atoms with Gasteiger partial charge in [-0.1, -0.05) is 12.1 Å². The van der Waals surface area contributed by atoms with E-state index >= 15 is 4.39 Å². The van der Waals surface area contributed by atoms with Crippen molar-refractivity contribution in [2.75, 3.05) is 32.6 Å². The van der Waals surface area contributed by atoms with Crippen LogP contribution in [-0.2, 0) is 21.6 Å². The first-order valence-electron chi connectivity index (χ1n) is 11.3. The molecule has 0 unspecified atom stereocenters. The molecular formula is C25H28FN3O7. The van der Waals surface area contributed by atoms with Crippen molar-refractivity contribution in [1.82, 2.24) is 9.80 Å². The van der Waals surface area contributed by atoms with E-state index in [1.54, 1.807) is 53.1 Å². The molecule has 10 nitrogen and oxygen atoms in total. The van der Waals surface area contributed by atoms with Crippen LogP contribution in [0.25, 0.3) is 0 Å². The van der Waals surface area contributed by atoms with E-state index in [2.05, 4.69) is 5.32 Å². The van der Waals surface area contributed by atoms with Gasteiger partial charge in [0.15, 0.2) is 5.82 Å². The van der Waals surface area contributed by atoms with Crippen LogP contribution in [0.15, 0.2) is 36.4 Å². The van der Waals surface area contributed by atoms with E-state index in [-0.39, 0.29) is 42.5 Å². The van der Waals surface area contributed by atoms with Crippen molar-refractivity contribution < 1.29 is 37.7 Å². The molecule has 0 saturated carbocycles. The maximum absolute atomic E-state index is 15.3. The number of halogens is 1. The quantitative estimate of drug-likeness (QED) is 0.659. The zero-order valence-corrected chi connectivity index (χ0v) is 20.7. The molecule has 36 heavy (non-hydrogen) atoms. The largest absolute Gasteiger partial charge is 0.444 e.